The van der Waals surface area contributed by atoms with Crippen LogP contribution >= 0.6 is 24.8 Å². The third-order valence-electron chi connectivity index (χ3n) is 4.43. The van der Waals surface area contributed by atoms with Crippen LogP contribution in [-0.2, 0) is 4.79 Å². The number of benzene rings is 2. The topological polar surface area (TPSA) is 37.3 Å². The number of hydrogen-bond donors (Lipinski definition) is 2. The molecule has 25 heavy (non-hydrogen) atoms. The molecule has 0 amide bonds. The zero-order valence-corrected chi connectivity index (χ0v) is 15.2. The standard InChI is InChI=1S/C21H18O2S2/c22-18-12-16(14-7-3-1-4-8-14)11-17(15-9-5-2-6-10-15)21(18)19(23)13-20(24)25/h1-10,12-13,17,21,23H,11H2,(H,24,25)/b19-13-. The smallest absolute Gasteiger partial charge is 0.167 e. The van der Waals surface area contributed by atoms with Gasteiger partial charge in [0.25, 0.3) is 0 Å². The van der Waals surface area contributed by atoms with Gasteiger partial charge in [0.15, 0.2) is 5.78 Å². The molecular weight excluding hydrogens is 348 g/mol. The molecule has 0 fully saturated rings. The summed E-state index contributed by atoms with van der Waals surface area (Å²) < 4.78 is 0.259. The van der Waals surface area contributed by atoms with Gasteiger partial charge >= 0.3 is 0 Å². The third kappa shape index (κ3) is 4.09. The van der Waals surface area contributed by atoms with Crippen molar-refractivity contribution in [3.63, 3.8) is 0 Å². The Morgan fingerprint density at radius 1 is 1.08 bits per heavy atom. The number of ketones is 1. The summed E-state index contributed by atoms with van der Waals surface area (Å²) in [6.07, 6.45) is 3.70. The number of carbonyl (C=O) groups excluding carboxylic acids is 1. The van der Waals surface area contributed by atoms with E-state index in [0.717, 1.165) is 16.7 Å². The number of aliphatic hydroxyl groups excluding tert-OH is 1. The van der Waals surface area contributed by atoms with Crippen LogP contribution in [0.4, 0.5) is 0 Å². The van der Waals surface area contributed by atoms with Crippen LogP contribution in [0.5, 0.6) is 0 Å². The normalized spacial score (nSPS) is 20.9. The second kappa shape index (κ2) is 7.81. The van der Waals surface area contributed by atoms with Crippen molar-refractivity contribution in [2.75, 3.05) is 0 Å². The first-order valence-electron chi connectivity index (χ1n) is 8.04. The predicted molar refractivity (Wildman–Crippen MR) is 109 cm³/mol. The maximum absolute atomic E-state index is 12.8. The van der Waals surface area contributed by atoms with Crippen LogP contribution in [-0.4, -0.2) is 15.1 Å². The van der Waals surface area contributed by atoms with Crippen LogP contribution in [0.25, 0.3) is 5.57 Å². The second-order valence-electron chi connectivity index (χ2n) is 6.04. The van der Waals surface area contributed by atoms with Crippen LogP contribution in [0.15, 0.2) is 78.6 Å². The highest BCUT2D eigenvalue weighted by Gasteiger charge is 2.36. The molecule has 3 rings (SSSR count). The van der Waals surface area contributed by atoms with Crippen molar-refractivity contribution in [2.24, 2.45) is 5.92 Å². The van der Waals surface area contributed by atoms with Crippen molar-refractivity contribution >= 4 is 40.4 Å². The second-order valence-corrected chi connectivity index (χ2v) is 7.27. The lowest BCUT2D eigenvalue weighted by atomic mass is 9.73. The van der Waals surface area contributed by atoms with Crippen molar-refractivity contribution in [3.8, 4) is 0 Å². The maximum Gasteiger partial charge on any atom is 0.167 e. The van der Waals surface area contributed by atoms with E-state index in [1.807, 2.05) is 60.7 Å². The number of aliphatic hydroxyl groups is 1. The lowest BCUT2D eigenvalue weighted by molar-refractivity contribution is -0.118. The predicted octanol–water partition coefficient (Wildman–Crippen LogP) is 5.14. The van der Waals surface area contributed by atoms with Crippen LogP contribution in [0.3, 0.4) is 0 Å². The van der Waals surface area contributed by atoms with Gasteiger partial charge in [-0.25, -0.2) is 0 Å². The molecule has 2 atom stereocenters. The summed E-state index contributed by atoms with van der Waals surface area (Å²) in [4.78, 5) is 12.8. The van der Waals surface area contributed by atoms with Gasteiger partial charge in [-0.3, -0.25) is 4.79 Å². The Labute approximate surface area is 158 Å². The van der Waals surface area contributed by atoms with E-state index in [4.69, 9.17) is 12.2 Å². The number of thiocarbonyl (C=S) groups is 1. The van der Waals surface area contributed by atoms with E-state index in [2.05, 4.69) is 12.6 Å². The number of carbonyl (C=O) groups is 1. The Hall–Kier alpha value is -2.17. The van der Waals surface area contributed by atoms with E-state index >= 15 is 0 Å². The quantitative estimate of drug-likeness (QED) is 0.340. The minimum atomic E-state index is -0.639. The summed E-state index contributed by atoms with van der Waals surface area (Å²) in [5.41, 5.74) is 3.03. The monoisotopic (exact) mass is 366 g/mol. The summed E-state index contributed by atoms with van der Waals surface area (Å²) in [5, 5.41) is 10.5. The molecule has 0 radical (unpaired) electrons. The Morgan fingerprint density at radius 3 is 2.28 bits per heavy atom. The molecule has 0 saturated heterocycles. The first-order valence-corrected chi connectivity index (χ1v) is 8.90. The zero-order valence-electron chi connectivity index (χ0n) is 13.5. The van der Waals surface area contributed by atoms with E-state index in [9.17, 15) is 9.90 Å². The third-order valence-corrected chi connectivity index (χ3v) is 4.67. The molecule has 0 spiro atoms. The van der Waals surface area contributed by atoms with E-state index in [1.165, 1.54) is 6.08 Å². The lowest BCUT2D eigenvalue weighted by Crippen LogP contribution is -2.27. The van der Waals surface area contributed by atoms with Gasteiger partial charge in [-0.05, 0) is 29.2 Å². The Morgan fingerprint density at radius 2 is 1.68 bits per heavy atom. The fourth-order valence-electron chi connectivity index (χ4n) is 3.31. The van der Waals surface area contributed by atoms with Crippen LogP contribution < -0.4 is 0 Å². The minimum Gasteiger partial charge on any atom is -0.511 e. The molecule has 4 heteroatoms. The molecule has 0 aromatic heterocycles. The summed E-state index contributed by atoms with van der Waals surface area (Å²) in [7, 11) is 0. The molecule has 2 aromatic rings. The van der Waals surface area contributed by atoms with Crippen molar-refractivity contribution in [3.05, 3.63) is 89.7 Å². The molecule has 1 N–H and O–H groups in total. The van der Waals surface area contributed by atoms with Gasteiger partial charge in [-0.15, -0.1) is 12.6 Å². The molecule has 1 aliphatic rings. The number of thiol groups is 1. The highest BCUT2D eigenvalue weighted by atomic mass is 32.1. The van der Waals surface area contributed by atoms with Crippen molar-refractivity contribution in [2.45, 2.75) is 12.3 Å². The fraction of sp³-hybridized carbons (Fsp3) is 0.143. The Kier molecular flexibility index (Phi) is 5.51. The van der Waals surface area contributed by atoms with Crippen LogP contribution in [0, 0.1) is 5.92 Å². The summed E-state index contributed by atoms with van der Waals surface area (Å²) in [6, 6.07) is 19.7. The molecular formula is C21H18O2S2. The number of hydrogen-bond acceptors (Lipinski definition) is 3. The Bertz CT molecular complexity index is 839. The van der Waals surface area contributed by atoms with Crippen molar-refractivity contribution in [1.82, 2.24) is 0 Å². The van der Waals surface area contributed by atoms with Gasteiger partial charge < -0.3 is 5.11 Å². The summed E-state index contributed by atoms with van der Waals surface area (Å²) >= 11 is 8.98. The highest BCUT2D eigenvalue weighted by molar-refractivity contribution is 8.11. The highest BCUT2D eigenvalue weighted by Crippen LogP contribution is 2.42. The zero-order chi connectivity index (χ0) is 17.8. The van der Waals surface area contributed by atoms with Gasteiger partial charge in [-0.2, -0.15) is 0 Å². The van der Waals surface area contributed by atoms with E-state index in [-0.39, 0.29) is 21.7 Å². The minimum absolute atomic E-state index is 0.0257. The SMILES string of the molecule is O=C1C=C(c2ccccc2)CC(c2ccccc2)C1/C(O)=C/C(=S)S. The van der Waals surface area contributed by atoms with Gasteiger partial charge in [0, 0.05) is 12.0 Å². The maximum atomic E-state index is 12.8. The molecule has 2 unspecified atom stereocenters. The summed E-state index contributed by atoms with van der Waals surface area (Å²) in [6.45, 7) is 0. The van der Waals surface area contributed by atoms with Crippen molar-refractivity contribution in [1.29, 1.82) is 0 Å². The molecule has 0 saturated carbocycles. The molecule has 126 valence electrons. The van der Waals surface area contributed by atoms with E-state index in [0.29, 0.717) is 6.42 Å². The summed E-state index contributed by atoms with van der Waals surface area (Å²) in [5.74, 6) is -0.924. The van der Waals surface area contributed by atoms with E-state index in [1.54, 1.807) is 6.08 Å². The van der Waals surface area contributed by atoms with Gasteiger partial charge in [0.2, 0.25) is 0 Å². The fourth-order valence-corrected chi connectivity index (χ4v) is 3.56. The first kappa shape index (κ1) is 17.6. The lowest BCUT2D eigenvalue weighted by Gasteiger charge is -2.30. The van der Waals surface area contributed by atoms with Gasteiger partial charge in [0.1, 0.15) is 5.76 Å². The van der Waals surface area contributed by atoms with Crippen LogP contribution in [0.1, 0.15) is 23.5 Å². The number of allylic oxidation sites excluding steroid dienone is 3. The van der Waals surface area contributed by atoms with Gasteiger partial charge in [-0.1, -0.05) is 72.9 Å². The van der Waals surface area contributed by atoms with Crippen molar-refractivity contribution < 1.29 is 9.90 Å². The molecule has 0 heterocycles. The molecule has 0 bridgehead atoms. The molecule has 2 aromatic carbocycles. The average Bonchev–Trinajstić information content (AvgIpc) is 2.61. The first-order chi connectivity index (χ1) is 12.1. The van der Waals surface area contributed by atoms with Crippen LogP contribution in [0.2, 0.25) is 0 Å². The molecule has 0 aliphatic heterocycles. The molecule has 2 nitrogen and oxygen atoms in total. The molecule has 1 aliphatic carbocycles. The Balaban J connectivity index is 2.06. The van der Waals surface area contributed by atoms with E-state index < -0.39 is 5.92 Å². The van der Waals surface area contributed by atoms with Gasteiger partial charge in [0.05, 0.1) is 10.1 Å². The number of rotatable bonds is 4. The largest absolute Gasteiger partial charge is 0.511 e. The average molecular weight is 367 g/mol.